The van der Waals surface area contributed by atoms with Crippen LogP contribution in [0.25, 0.3) is 0 Å². The molecule has 2 aliphatic rings. The minimum Gasteiger partial charge on any atom is -0.550 e. The Morgan fingerprint density at radius 2 is 0.880 bits per heavy atom. The summed E-state index contributed by atoms with van der Waals surface area (Å²) in [5.74, 6) is -1.25. The van der Waals surface area contributed by atoms with Crippen molar-refractivity contribution in [2.75, 3.05) is 0 Å². The van der Waals surface area contributed by atoms with E-state index in [2.05, 4.69) is 0 Å². The summed E-state index contributed by atoms with van der Waals surface area (Å²) in [6.45, 7) is 7.95. The number of carbonyl (C=O) groups is 2. The smallest absolute Gasteiger partial charge is 0.550 e. The number of hydrogen-bond acceptors (Lipinski definition) is 4. The van der Waals surface area contributed by atoms with Crippen molar-refractivity contribution in [2.24, 2.45) is 22.7 Å². The van der Waals surface area contributed by atoms with Crippen LogP contribution in [0.5, 0.6) is 0 Å². The second kappa shape index (κ2) is 10.6. The van der Waals surface area contributed by atoms with Gasteiger partial charge in [0, 0.05) is 22.8 Å². The van der Waals surface area contributed by atoms with Gasteiger partial charge in [-0.1, -0.05) is 66.2 Å². The number of carboxylic acids is 2. The fourth-order valence-electron chi connectivity index (χ4n) is 4.40. The average molecular weight is 397 g/mol. The minimum absolute atomic E-state index is 0. The Hall–Kier alpha value is -0.554. The SMILES string of the molecule is CC(C)C1(C(=O)[O-])CCCCC1.CC(C)C1(C(=O)[O-])CCCCC1.[Co+2]. The van der Waals surface area contributed by atoms with Crippen molar-refractivity contribution in [3.63, 3.8) is 0 Å². The Morgan fingerprint density at radius 3 is 1.00 bits per heavy atom. The normalized spacial score (nSPS) is 21.7. The van der Waals surface area contributed by atoms with Gasteiger partial charge in [-0.2, -0.15) is 0 Å². The third-order valence-electron chi connectivity index (χ3n) is 6.51. The number of carbonyl (C=O) groups excluding carboxylic acids is 2. The van der Waals surface area contributed by atoms with E-state index in [1.807, 2.05) is 27.7 Å². The van der Waals surface area contributed by atoms with E-state index in [4.69, 9.17) is 0 Å². The van der Waals surface area contributed by atoms with Gasteiger partial charge in [-0.25, -0.2) is 0 Å². The second-order valence-electron chi connectivity index (χ2n) is 8.32. The van der Waals surface area contributed by atoms with Crippen LogP contribution in [0.15, 0.2) is 0 Å². The van der Waals surface area contributed by atoms with Crippen LogP contribution in [0.2, 0.25) is 0 Å². The molecule has 0 aromatic rings. The molecule has 5 heteroatoms. The molecule has 0 bridgehead atoms. The van der Waals surface area contributed by atoms with Crippen LogP contribution in [0.1, 0.15) is 91.9 Å². The number of carboxylic acid groups (broad SMARTS) is 2. The molecule has 2 aliphatic carbocycles. The Bertz CT molecular complexity index is 379. The van der Waals surface area contributed by atoms with Crippen molar-refractivity contribution in [3.8, 4) is 0 Å². The van der Waals surface area contributed by atoms with Crippen molar-refractivity contribution < 1.29 is 36.6 Å². The van der Waals surface area contributed by atoms with Gasteiger partial charge in [-0.3, -0.25) is 0 Å². The Labute approximate surface area is 163 Å². The zero-order valence-electron chi connectivity index (χ0n) is 16.2. The van der Waals surface area contributed by atoms with E-state index in [0.29, 0.717) is 0 Å². The van der Waals surface area contributed by atoms with E-state index < -0.39 is 22.8 Å². The number of hydrogen-bond donors (Lipinski definition) is 0. The number of rotatable bonds is 4. The zero-order chi connectivity index (χ0) is 18.4. The van der Waals surface area contributed by atoms with Crippen LogP contribution in [0, 0.1) is 22.7 Å². The summed E-state index contributed by atoms with van der Waals surface area (Å²) in [4.78, 5) is 22.0. The molecular formula is C20H34CoO4. The van der Waals surface area contributed by atoms with Gasteiger partial charge in [0.25, 0.3) is 0 Å². The van der Waals surface area contributed by atoms with Crippen LogP contribution in [-0.4, -0.2) is 11.9 Å². The van der Waals surface area contributed by atoms with Crippen molar-refractivity contribution in [2.45, 2.75) is 91.9 Å². The van der Waals surface area contributed by atoms with E-state index >= 15 is 0 Å². The maximum absolute atomic E-state index is 11.0. The molecule has 2 fully saturated rings. The van der Waals surface area contributed by atoms with Crippen LogP contribution < -0.4 is 10.2 Å². The molecule has 25 heavy (non-hydrogen) atoms. The van der Waals surface area contributed by atoms with Gasteiger partial charge < -0.3 is 19.8 Å². The van der Waals surface area contributed by atoms with Crippen molar-refractivity contribution in [1.29, 1.82) is 0 Å². The summed E-state index contributed by atoms with van der Waals surface area (Å²) in [6, 6.07) is 0. The molecule has 0 spiro atoms. The summed E-state index contributed by atoms with van der Waals surface area (Å²) in [7, 11) is 0. The minimum atomic E-state index is -0.836. The molecule has 0 aromatic carbocycles. The first-order valence-corrected chi connectivity index (χ1v) is 9.62. The van der Waals surface area contributed by atoms with Gasteiger partial charge in [0.05, 0.1) is 0 Å². The first kappa shape index (κ1) is 24.4. The maximum Gasteiger partial charge on any atom is 2.00 e. The van der Waals surface area contributed by atoms with Gasteiger partial charge in [0.15, 0.2) is 0 Å². The summed E-state index contributed by atoms with van der Waals surface area (Å²) in [5.41, 5.74) is -1.03. The van der Waals surface area contributed by atoms with Crippen molar-refractivity contribution in [3.05, 3.63) is 0 Å². The predicted octanol–water partition coefficient (Wildman–Crippen LogP) is 2.68. The molecule has 2 saturated carbocycles. The molecule has 4 nitrogen and oxygen atoms in total. The molecule has 0 unspecified atom stereocenters. The third-order valence-corrected chi connectivity index (χ3v) is 6.51. The molecule has 2 rings (SSSR count). The van der Waals surface area contributed by atoms with Crippen molar-refractivity contribution in [1.82, 2.24) is 0 Å². The van der Waals surface area contributed by atoms with E-state index in [0.717, 1.165) is 51.4 Å². The fourth-order valence-corrected chi connectivity index (χ4v) is 4.40. The number of aliphatic carboxylic acids is 2. The summed E-state index contributed by atoms with van der Waals surface area (Å²) in [6.07, 6.45) is 9.81. The van der Waals surface area contributed by atoms with Gasteiger partial charge in [0.1, 0.15) is 0 Å². The van der Waals surface area contributed by atoms with Gasteiger partial charge in [-0.05, 0) is 37.5 Å². The summed E-state index contributed by atoms with van der Waals surface area (Å²) < 4.78 is 0. The molecule has 147 valence electrons. The molecular weight excluding hydrogens is 363 g/mol. The van der Waals surface area contributed by atoms with Crippen LogP contribution >= 0.6 is 0 Å². The topological polar surface area (TPSA) is 80.3 Å². The van der Waals surface area contributed by atoms with Crippen molar-refractivity contribution >= 4 is 11.9 Å². The Kier molecular flexibility index (Phi) is 10.3. The van der Waals surface area contributed by atoms with Crippen LogP contribution in [0.4, 0.5) is 0 Å². The van der Waals surface area contributed by atoms with Gasteiger partial charge in [0.2, 0.25) is 0 Å². The standard InChI is InChI=1S/2C10H18O2.Co/c2*1-8(2)10(9(11)12)6-4-3-5-7-10;/h2*8H,3-7H2,1-2H3,(H,11,12);/q;;+2/p-2. The molecule has 0 saturated heterocycles. The van der Waals surface area contributed by atoms with Crippen LogP contribution in [0.3, 0.4) is 0 Å². The maximum atomic E-state index is 11.0. The quantitative estimate of drug-likeness (QED) is 0.731. The Balaban J connectivity index is 0.000000443. The first-order chi connectivity index (χ1) is 11.2. The molecule has 1 radical (unpaired) electrons. The first-order valence-electron chi connectivity index (χ1n) is 9.62. The monoisotopic (exact) mass is 397 g/mol. The molecule has 0 aliphatic heterocycles. The van der Waals surface area contributed by atoms with Gasteiger partial charge in [-0.15, -0.1) is 0 Å². The second-order valence-corrected chi connectivity index (χ2v) is 8.32. The van der Waals surface area contributed by atoms with E-state index in [-0.39, 0.29) is 28.6 Å². The largest absolute Gasteiger partial charge is 2.00 e. The van der Waals surface area contributed by atoms with Gasteiger partial charge >= 0.3 is 16.8 Å². The molecule has 0 heterocycles. The molecule has 0 amide bonds. The Morgan fingerprint density at radius 1 is 0.640 bits per heavy atom. The summed E-state index contributed by atoms with van der Waals surface area (Å²) >= 11 is 0. The fraction of sp³-hybridized carbons (Fsp3) is 0.900. The molecule has 0 atom stereocenters. The van der Waals surface area contributed by atoms with E-state index in [1.54, 1.807) is 0 Å². The van der Waals surface area contributed by atoms with Crippen LogP contribution in [-0.2, 0) is 26.4 Å². The summed E-state index contributed by atoms with van der Waals surface area (Å²) in [5, 5.41) is 22.0. The third kappa shape index (κ3) is 5.71. The molecule has 0 N–H and O–H groups in total. The predicted molar refractivity (Wildman–Crippen MR) is 90.7 cm³/mol. The molecule has 0 aromatic heterocycles. The average Bonchev–Trinajstić information content (AvgIpc) is 2.56. The van der Waals surface area contributed by atoms with E-state index in [9.17, 15) is 19.8 Å². The zero-order valence-corrected chi connectivity index (χ0v) is 17.2. The van der Waals surface area contributed by atoms with E-state index in [1.165, 1.54) is 12.8 Å².